The fraction of sp³-hybridized carbons (Fsp3) is 0.929. The Hall–Kier alpha value is -0.610. The first-order valence-corrected chi connectivity index (χ1v) is 6.84. The molecule has 18 heavy (non-hydrogen) atoms. The number of piperidine rings is 1. The molecule has 1 fully saturated rings. The summed E-state index contributed by atoms with van der Waals surface area (Å²) in [5.41, 5.74) is 5.03. The van der Waals surface area contributed by atoms with Gasteiger partial charge < -0.3 is 16.0 Å². The average Bonchev–Trinajstić information content (AvgIpc) is 2.20. The summed E-state index contributed by atoms with van der Waals surface area (Å²) in [5, 5.41) is 3.19. The molecule has 0 bridgehead atoms. The number of nitrogens with two attached hydrogens (primary N) is 1. The molecule has 0 aromatic heterocycles. The van der Waals surface area contributed by atoms with E-state index in [0.29, 0.717) is 5.92 Å². The highest BCUT2D eigenvalue weighted by atomic mass is 16.2. The lowest BCUT2D eigenvalue weighted by molar-refractivity contribution is -0.133. The quantitative estimate of drug-likeness (QED) is 0.797. The molecule has 1 aliphatic heterocycles. The molecule has 0 radical (unpaired) electrons. The van der Waals surface area contributed by atoms with E-state index in [2.05, 4.69) is 24.2 Å². The van der Waals surface area contributed by atoms with Gasteiger partial charge >= 0.3 is 0 Å². The maximum Gasteiger partial charge on any atom is 0.227 e. The molecule has 0 aliphatic carbocycles. The van der Waals surface area contributed by atoms with Crippen LogP contribution in [0.3, 0.4) is 0 Å². The normalized spacial score (nSPS) is 27.1. The minimum atomic E-state index is -0.559. The smallest absolute Gasteiger partial charge is 0.227 e. The molecule has 1 amide bonds. The molecule has 3 N–H and O–H groups in total. The molecule has 2 atom stereocenters. The highest BCUT2D eigenvalue weighted by Crippen LogP contribution is 2.29. The summed E-state index contributed by atoms with van der Waals surface area (Å²) in [6.07, 6.45) is 1.02. The summed E-state index contributed by atoms with van der Waals surface area (Å²) >= 11 is 0. The van der Waals surface area contributed by atoms with Gasteiger partial charge in [0.2, 0.25) is 5.91 Å². The van der Waals surface area contributed by atoms with Crippen molar-refractivity contribution in [1.29, 1.82) is 0 Å². The van der Waals surface area contributed by atoms with Gasteiger partial charge in [0.05, 0.1) is 5.41 Å². The molecule has 106 valence electrons. The first-order chi connectivity index (χ1) is 8.05. The van der Waals surface area contributed by atoms with Crippen LogP contribution < -0.4 is 11.1 Å². The summed E-state index contributed by atoms with van der Waals surface area (Å²) < 4.78 is 0. The van der Waals surface area contributed by atoms with Gasteiger partial charge in [0.1, 0.15) is 0 Å². The molecule has 4 heteroatoms. The Bertz CT molecular complexity index is 307. The second-order valence-electron chi connectivity index (χ2n) is 6.95. The molecule has 2 unspecified atom stereocenters. The monoisotopic (exact) mass is 255 g/mol. The maximum atomic E-state index is 12.4. The van der Waals surface area contributed by atoms with E-state index in [1.54, 1.807) is 0 Å². The van der Waals surface area contributed by atoms with Crippen LogP contribution in [0.25, 0.3) is 0 Å². The lowest BCUT2D eigenvalue weighted by atomic mass is 9.74. The fourth-order valence-corrected chi connectivity index (χ4v) is 2.21. The second kappa shape index (κ2) is 5.17. The largest absolute Gasteiger partial charge is 0.352 e. The van der Waals surface area contributed by atoms with Crippen LogP contribution in [0.15, 0.2) is 0 Å². The van der Waals surface area contributed by atoms with E-state index in [-0.39, 0.29) is 11.9 Å². The van der Waals surface area contributed by atoms with Crippen molar-refractivity contribution in [2.75, 3.05) is 20.1 Å². The zero-order valence-corrected chi connectivity index (χ0v) is 12.7. The van der Waals surface area contributed by atoms with Crippen LogP contribution in [0.1, 0.15) is 41.0 Å². The minimum absolute atomic E-state index is 0.0661. The molecule has 1 aliphatic rings. The predicted octanol–water partition coefficient (Wildman–Crippen LogP) is 1.21. The van der Waals surface area contributed by atoms with Crippen molar-refractivity contribution < 1.29 is 4.79 Å². The van der Waals surface area contributed by atoms with Crippen molar-refractivity contribution in [3.05, 3.63) is 0 Å². The van der Waals surface area contributed by atoms with Crippen molar-refractivity contribution in [1.82, 2.24) is 10.2 Å². The number of hydrogen-bond donors (Lipinski definition) is 2. The molecular weight excluding hydrogens is 226 g/mol. The number of likely N-dealkylation sites (tertiary alicyclic amines) is 1. The van der Waals surface area contributed by atoms with E-state index in [1.807, 2.05) is 27.7 Å². The Morgan fingerprint density at radius 1 is 1.33 bits per heavy atom. The van der Waals surface area contributed by atoms with Crippen LogP contribution in [0, 0.1) is 11.3 Å². The molecule has 1 heterocycles. The Morgan fingerprint density at radius 3 is 2.33 bits per heavy atom. The molecule has 0 aromatic carbocycles. The molecule has 0 aromatic rings. The SMILES string of the molecule is CC1CN(C)CCC1NC(=O)C(C)(C)C(C)(C)N. The van der Waals surface area contributed by atoms with Gasteiger partial charge in [0.15, 0.2) is 0 Å². The van der Waals surface area contributed by atoms with E-state index in [1.165, 1.54) is 0 Å². The second-order valence-corrected chi connectivity index (χ2v) is 6.95. The van der Waals surface area contributed by atoms with Crippen molar-refractivity contribution in [3.63, 3.8) is 0 Å². The van der Waals surface area contributed by atoms with E-state index >= 15 is 0 Å². The maximum absolute atomic E-state index is 12.4. The Kier molecular flexibility index (Phi) is 4.44. The van der Waals surface area contributed by atoms with Crippen molar-refractivity contribution in [2.45, 2.75) is 52.6 Å². The van der Waals surface area contributed by atoms with Crippen molar-refractivity contribution in [2.24, 2.45) is 17.1 Å². The minimum Gasteiger partial charge on any atom is -0.352 e. The highest BCUT2D eigenvalue weighted by molar-refractivity contribution is 5.83. The van der Waals surface area contributed by atoms with Crippen LogP contribution in [-0.2, 0) is 4.79 Å². The number of hydrogen-bond acceptors (Lipinski definition) is 3. The van der Waals surface area contributed by atoms with E-state index in [4.69, 9.17) is 5.73 Å². The summed E-state index contributed by atoms with van der Waals surface area (Å²) in [6, 6.07) is 0.273. The van der Waals surface area contributed by atoms with Gasteiger partial charge in [-0.1, -0.05) is 6.92 Å². The zero-order chi connectivity index (χ0) is 14.1. The van der Waals surface area contributed by atoms with Crippen LogP contribution in [0.4, 0.5) is 0 Å². The average molecular weight is 255 g/mol. The molecule has 1 saturated heterocycles. The van der Waals surface area contributed by atoms with Crippen molar-refractivity contribution in [3.8, 4) is 0 Å². The topological polar surface area (TPSA) is 58.4 Å². The standard InChI is InChI=1S/C14H29N3O/c1-10-9-17(6)8-7-11(10)16-12(18)13(2,3)14(4,5)15/h10-11H,7-9,15H2,1-6H3,(H,16,18). The Balaban J connectivity index is 2.65. The van der Waals surface area contributed by atoms with Crippen LogP contribution >= 0.6 is 0 Å². The van der Waals surface area contributed by atoms with Crippen molar-refractivity contribution >= 4 is 5.91 Å². The van der Waals surface area contributed by atoms with Gasteiger partial charge in [0.25, 0.3) is 0 Å². The first-order valence-electron chi connectivity index (χ1n) is 6.84. The fourth-order valence-electron chi connectivity index (χ4n) is 2.21. The van der Waals surface area contributed by atoms with Gasteiger partial charge in [-0.3, -0.25) is 4.79 Å². The molecule has 0 spiro atoms. The lowest BCUT2D eigenvalue weighted by Gasteiger charge is -2.41. The van der Waals surface area contributed by atoms with Gasteiger partial charge in [0, 0.05) is 18.1 Å². The third-order valence-electron chi connectivity index (χ3n) is 4.60. The number of nitrogens with zero attached hydrogens (tertiary/aromatic N) is 1. The van der Waals surface area contributed by atoms with Gasteiger partial charge in [-0.05, 0) is 53.6 Å². The van der Waals surface area contributed by atoms with E-state index in [9.17, 15) is 4.79 Å². The third kappa shape index (κ3) is 3.23. The van der Waals surface area contributed by atoms with Gasteiger partial charge in [-0.2, -0.15) is 0 Å². The van der Waals surface area contributed by atoms with E-state index in [0.717, 1.165) is 19.5 Å². The number of nitrogens with one attached hydrogen (secondary N) is 1. The summed E-state index contributed by atoms with van der Waals surface area (Å²) in [5.74, 6) is 0.556. The lowest BCUT2D eigenvalue weighted by Crippen LogP contribution is -2.59. The van der Waals surface area contributed by atoms with E-state index < -0.39 is 11.0 Å². The molecule has 1 rings (SSSR count). The van der Waals surface area contributed by atoms with Crippen LogP contribution in [-0.4, -0.2) is 42.5 Å². The molecular formula is C14H29N3O. The highest BCUT2D eigenvalue weighted by Gasteiger charge is 2.41. The summed E-state index contributed by atoms with van der Waals surface area (Å²) in [7, 11) is 2.13. The molecule has 4 nitrogen and oxygen atoms in total. The predicted molar refractivity (Wildman–Crippen MR) is 75.3 cm³/mol. The summed E-state index contributed by atoms with van der Waals surface area (Å²) in [6.45, 7) is 11.9. The number of amides is 1. The molecule has 0 saturated carbocycles. The number of rotatable bonds is 3. The zero-order valence-electron chi connectivity index (χ0n) is 12.7. The van der Waals surface area contributed by atoms with Gasteiger partial charge in [-0.15, -0.1) is 0 Å². The van der Waals surface area contributed by atoms with Crippen LogP contribution in [0.2, 0.25) is 0 Å². The number of carbonyl (C=O) groups is 1. The Morgan fingerprint density at radius 2 is 1.89 bits per heavy atom. The van der Waals surface area contributed by atoms with Crippen LogP contribution in [0.5, 0.6) is 0 Å². The number of carbonyl (C=O) groups excluding carboxylic acids is 1. The summed E-state index contributed by atoms with van der Waals surface area (Å²) in [4.78, 5) is 14.7. The first kappa shape index (κ1) is 15.4. The van der Waals surface area contributed by atoms with Gasteiger partial charge in [-0.25, -0.2) is 0 Å². The Labute approximate surface area is 111 Å². The third-order valence-corrected chi connectivity index (χ3v) is 4.60.